The van der Waals surface area contributed by atoms with Crippen LogP contribution in [0.15, 0.2) is 24.3 Å². The number of ether oxygens (including phenoxy) is 1. The number of hydrogen-bond donors (Lipinski definition) is 3. The molecule has 1 aromatic carbocycles. The lowest BCUT2D eigenvalue weighted by Crippen LogP contribution is -2.53. The number of carbonyl (C=O) groups excluding carboxylic acids is 1. The van der Waals surface area contributed by atoms with Gasteiger partial charge in [-0.1, -0.05) is 37.1 Å². The van der Waals surface area contributed by atoms with Crippen molar-refractivity contribution in [3.8, 4) is 0 Å². The normalized spacial score (nSPS) is 15.0. The van der Waals surface area contributed by atoms with Crippen molar-refractivity contribution in [3.63, 3.8) is 0 Å². The molecule has 0 aliphatic heterocycles. The first kappa shape index (κ1) is 18.7. The molecule has 2 unspecified atom stereocenters. The third-order valence-corrected chi connectivity index (χ3v) is 3.75. The van der Waals surface area contributed by atoms with Gasteiger partial charge in [0.05, 0.1) is 18.2 Å². The fourth-order valence-corrected chi connectivity index (χ4v) is 2.48. The lowest BCUT2D eigenvalue weighted by molar-refractivity contribution is 0.102. The Morgan fingerprint density at radius 1 is 1.50 bits per heavy atom. The van der Waals surface area contributed by atoms with Crippen LogP contribution in [0.3, 0.4) is 0 Å². The topological polar surface area (TPSA) is 70.6 Å². The molecule has 0 saturated heterocycles. The van der Waals surface area contributed by atoms with Gasteiger partial charge in [-0.3, -0.25) is 0 Å². The molecular weight excluding hydrogens is 304 g/mol. The Kier molecular flexibility index (Phi) is 7.65. The van der Waals surface area contributed by atoms with E-state index in [4.69, 9.17) is 16.3 Å². The van der Waals surface area contributed by atoms with Crippen molar-refractivity contribution in [1.29, 1.82) is 0 Å². The molecule has 2 atom stereocenters. The minimum Gasteiger partial charge on any atom is -0.394 e. The number of halogens is 1. The van der Waals surface area contributed by atoms with Crippen molar-refractivity contribution in [1.82, 2.24) is 10.6 Å². The van der Waals surface area contributed by atoms with Gasteiger partial charge in [0.1, 0.15) is 0 Å². The molecule has 22 heavy (non-hydrogen) atoms. The van der Waals surface area contributed by atoms with Crippen LogP contribution in [0.2, 0.25) is 5.02 Å². The molecule has 0 bridgehead atoms. The average molecular weight is 329 g/mol. The summed E-state index contributed by atoms with van der Waals surface area (Å²) in [6.45, 7) is 4.04. The summed E-state index contributed by atoms with van der Waals surface area (Å²) in [6, 6.07) is 7.01. The van der Waals surface area contributed by atoms with Gasteiger partial charge in [-0.25, -0.2) is 4.79 Å². The molecule has 0 spiro atoms. The first-order valence-corrected chi connectivity index (χ1v) is 7.77. The van der Waals surface area contributed by atoms with E-state index in [1.54, 1.807) is 13.2 Å². The molecule has 5 nitrogen and oxygen atoms in total. The summed E-state index contributed by atoms with van der Waals surface area (Å²) in [5.74, 6) is 0. The molecule has 2 amide bonds. The third-order valence-electron chi connectivity index (χ3n) is 3.52. The number of carbonyl (C=O) groups is 1. The summed E-state index contributed by atoms with van der Waals surface area (Å²) >= 11 is 5.97. The maximum absolute atomic E-state index is 12.0. The predicted octanol–water partition coefficient (Wildman–Crippen LogP) is 2.88. The zero-order valence-corrected chi connectivity index (χ0v) is 14.1. The van der Waals surface area contributed by atoms with Crippen molar-refractivity contribution in [3.05, 3.63) is 34.9 Å². The van der Waals surface area contributed by atoms with Crippen molar-refractivity contribution >= 4 is 17.6 Å². The quantitative estimate of drug-likeness (QED) is 0.687. The first-order valence-electron chi connectivity index (χ1n) is 7.39. The summed E-state index contributed by atoms with van der Waals surface area (Å²) in [7, 11) is 1.58. The Bertz CT molecular complexity index is 484. The molecule has 3 N–H and O–H groups in total. The Morgan fingerprint density at radius 2 is 2.23 bits per heavy atom. The maximum atomic E-state index is 12.0. The van der Waals surface area contributed by atoms with Gasteiger partial charge in [-0.15, -0.1) is 0 Å². The van der Waals surface area contributed by atoms with E-state index in [0.29, 0.717) is 18.0 Å². The van der Waals surface area contributed by atoms with Crippen molar-refractivity contribution in [2.24, 2.45) is 0 Å². The maximum Gasteiger partial charge on any atom is 0.315 e. The van der Waals surface area contributed by atoms with Crippen LogP contribution in [0.4, 0.5) is 4.79 Å². The standard InChI is InChI=1S/C16H25ClN2O3/c1-4-8-16(2,11-20)19-15(21)18-10-14(22-3)12-6-5-7-13(17)9-12/h5-7,9,14,20H,4,8,10-11H2,1-3H3,(H2,18,19,21). The molecule has 1 rings (SSSR count). The predicted molar refractivity (Wildman–Crippen MR) is 88.1 cm³/mol. The molecular formula is C16H25ClN2O3. The van der Waals surface area contributed by atoms with Crippen LogP contribution < -0.4 is 10.6 Å². The van der Waals surface area contributed by atoms with Crippen LogP contribution in [0.25, 0.3) is 0 Å². The van der Waals surface area contributed by atoms with Crippen LogP contribution in [-0.2, 0) is 4.74 Å². The highest BCUT2D eigenvalue weighted by atomic mass is 35.5. The molecule has 6 heteroatoms. The number of aliphatic hydroxyl groups is 1. The lowest BCUT2D eigenvalue weighted by atomic mass is 9.98. The molecule has 0 saturated carbocycles. The zero-order chi connectivity index (χ0) is 16.6. The fourth-order valence-electron chi connectivity index (χ4n) is 2.28. The molecule has 0 aliphatic carbocycles. The van der Waals surface area contributed by atoms with Gasteiger partial charge in [0, 0.05) is 18.7 Å². The number of methoxy groups -OCH3 is 1. The SMILES string of the molecule is CCCC(C)(CO)NC(=O)NCC(OC)c1cccc(Cl)c1. The number of rotatable bonds is 8. The molecule has 124 valence electrons. The van der Waals surface area contributed by atoms with E-state index in [1.807, 2.05) is 32.0 Å². The third kappa shape index (κ3) is 5.83. The monoisotopic (exact) mass is 328 g/mol. The van der Waals surface area contributed by atoms with E-state index in [9.17, 15) is 9.90 Å². The number of amides is 2. The Hall–Kier alpha value is -1.30. The van der Waals surface area contributed by atoms with Gasteiger partial charge in [-0.05, 0) is 31.0 Å². The number of benzene rings is 1. The van der Waals surface area contributed by atoms with Crippen LogP contribution in [0.5, 0.6) is 0 Å². The molecule has 0 aliphatic rings. The van der Waals surface area contributed by atoms with E-state index in [1.165, 1.54) is 0 Å². The van der Waals surface area contributed by atoms with E-state index in [-0.39, 0.29) is 18.7 Å². The first-order chi connectivity index (χ1) is 10.4. The largest absolute Gasteiger partial charge is 0.394 e. The Morgan fingerprint density at radius 3 is 2.77 bits per heavy atom. The van der Waals surface area contributed by atoms with Crippen LogP contribution in [0, 0.1) is 0 Å². The number of urea groups is 1. The van der Waals surface area contributed by atoms with Gasteiger partial charge in [0.15, 0.2) is 0 Å². The molecule has 0 aromatic heterocycles. The second-order valence-corrected chi connectivity index (χ2v) is 6.02. The molecule has 0 radical (unpaired) electrons. The van der Waals surface area contributed by atoms with Crippen LogP contribution in [-0.4, -0.2) is 36.9 Å². The van der Waals surface area contributed by atoms with Gasteiger partial charge in [0.25, 0.3) is 0 Å². The van der Waals surface area contributed by atoms with E-state index < -0.39 is 5.54 Å². The highest BCUT2D eigenvalue weighted by Gasteiger charge is 2.24. The van der Waals surface area contributed by atoms with Crippen molar-refractivity contribution in [2.75, 3.05) is 20.3 Å². The highest BCUT2D eigenvalue weighted by molar-refractivity contribution is 6.30. The molecule has 0 heterocycles. The van der Waals surface area contributed by atoms with Gasteiger partial charge >= 0.3 is 6.03 Å². The lowest BCUT2D eigenvalue weighted by Gasteiger charge is -2.28. The summed E-state index contributed by atoms with van der Waals surface area (Å²) in [5, 5.41) is 15.6. The Labute approximate surface area is 137 Å². The van der Waals surface area contributed by atoms with Crippen molar-refractivity contribution in [2.45, 2.75) is 38.3 Å². The summed E-state index contributed by atoms with van der Waals surface area (Å²) in [4.78, 5) is 12.0. The second kappa shape index (κ2) is 8.98. The van der Waals surface area contributed by atoms with Crippen LogP contribution >= 0.6 is 11.6 Å². The van der Waals surface area contributed by atoms with E-state index in [2.05, 4.69) is 10.6 Å². The number of aliphatic hydroxyl groups excluding tert-OH is 1. The zero-order valence-electron chi connectivity index (χ0n) is 13.4. The fraction of sp³-hybridized carbons (Fsp3) is 0.562. The van der Waals surface area contributed by atoms with Crippen molar-refractivity contribution < 1.29 is 14.6 Å². The number of nitrogens with one attached hydrogen (secondary N) is 2. The van der Waals surface area contributed by atoms with E-state index in [0.717, 1.165) is 12.0 Å². The summed E-state index contributed by atoms with van der Waals surface area (Å²) < 4.78 is 5.40. The minimum absolute atomic E-state index is 0.101. The van der Waals surface area contributed by atoms with E-state index >= 15 is 0 Å². The van der Waals surface area contributed by atoms with Gasteiger partial charge in [0.2, 0.25) is 0 Å². The summed E-state index contributed by atoms with van der Waals surface area (Å²) in [5.41, 5.74) is 0.283. The van der Waals surface area contributed by atoms with Crippen LogP contribution in [0.1, 0.15) is 38.4 Å². The summed E-state index contributed by atoms with van der Waals surface area (Å²) in [6.07, 6.45) is 1.30. The average Bonchev–Trinajstić information content (AvgIpc) is 2.48. The minimum atomic E-state index is -0.614. The highest BCUT2D eigenvalue weighted by Crippen LogP contribution is 2.19. The number of hydrogen-bond acceptors (Lipinski definition) is 3. The Balaban J connectivity index is 2.57. The molecule has 0 fully saturated rings. The smallest absolute Gasteiger partial charge is 0.315 e. The molecule has 1 aromatic rings. The van der Waals surface area contributed by atoms with Gasteiger partial charge < -0.3 is 20.5 Å². The second-order valence-electron chi connectivity index (χ2n) is 5.58. The van der Waals surface area contributed by atoms with Gasteiger partial charge in [-0.2, -0.15) is 0 Å².